The Hall–Kier alpha value is -0.220. The van der Waals surface area contributed by atoms with Gasteiger partial charge in [0.25, 0.3) is 5.24 Å². The van der Waals surface area contributed by atoms with Gasteiger partial charge in [-0.2, -0.15) is 0 Å². The lowest BCUT2D eigenvalue weighted by molar-refractivity contribution is 0.233. The third kappa shape index (κ3) is 7.88. The Labute approximate surface area is 79.8 Å². The Balaban J connectivity index is 0. The highest BCUT2D eigenvalue weighted by Gasteiger charge is 2.04. The number of carbonyl (C=O) groups excluding carboxylic acids is 1. The number of unbranched alkanes of at least 4 members (excludes halogenated alkanes) is 1. The maximum absolute atomic E-state index is 10.8. The summed E-state index contributed by atoms with van der Waals surface area (Å²) in [6.45, 7) is 6.90. The van der Waals surface area contributed by atoms with Gasteiger partial charge in [0.2, 0.25) is 0 Å². The number of nitrogens with zero attached hydrogens (tertiary/aromatic N) is 1. The van der Waals surface area contributed by atoms with Gasteiger partial charge in [-0.15, -0.1) is 0 Å². The lowest BCUT2D eigenvalue weighted by Crippen LogP contribution is -2.24. The molecule has 0 heterocycles. The maximum atomic E-state index is 10.8. The molecule has 3 nitrogen and oxygen atoms in total. The number of carbonyl (C=O) groups is 1. The minimum absolute atomic E-state index is 0.0616. The van der Waals surface area contributed by atoms with Crippen LogP contribution < -0.4 is 5.14 Å². The first kappa shape index (κ1) is 14.3. The topological polar surface area (TPSA) is 46.3 Å². The summed E-state index contributed by atoms with van der Waals surface area (Å²) in [5.41, 5.74) is 0. The molecule has 2 N–H and O–H groups in total. The zero-order valence-corrected chi connectivity index (χ0v) is 9.28. The fraction of sp³-hybridized carbons (Fsp3) is 0.875. The zero-order chi connectivity index (χ0) is 9.98. The van der Waals surface area contributed by atoms with E-state index in [0.717, 1.165) is 31.3 Å². The van der Waals surface area contributed by atoms with Crippen molar-refractivity contribution in [3.63, 3.8) is 0 Å². The molecule has 0 atom stereocenters. The highest BCUT2D eigenvalue weighted by molar-refractivity contribution is 8.11. The lowest BCUT2D eigenvalue weighted by Gasteiger charge is -2.13. The van der Waals surface area contributed by atoms with E-state index in [1.54, 1.807) is 11.9 Å². The van der Waals surface area contributed by atoms with E-state index in [9.17, 15) is 4.79 Å². The summed E-state index contributed by atoms with van der Waals surface area (Å²) in [6.07, 6.45) is 2.15. The number of hydrogen-bond acceptors (Lipinski definition) is 3. The van der Waals surface area contributed by atoms with Crippen LogP contribution in [0.4, 0.5) is 4.79 Å². The van der Waals surface area contributed by atoms with Gasteiger partial charge in [0.1, 0.15) is 0 Å². The summed E-state index contributed by atoms with van der Waals surface area (Å²) in [7, 11) is 1.76. The van der Waals surface area contributed by atoms with Gasteiger partial charge in [0, 0.05) is 25.5 Å². The number of amides is 1. The SMILES string of the molecule is CC.CCCCN(C)C(=O)SN. The molecule has 0 rings (SSSR count). The highest BCUT2D eigenvalue weighted by Crippen LogP contribution is 1.99. The van der Waals surface area contributed by atoms with Crippen LogP contribution in [0.25, 0.3) is 0 Å². The number of hydrogen-bond donors (Lipinski definition) is 1. The van der Waals surface area contributed by atoms with Crippen molar-refractivity contribution in [1.29, 1.82) is 0 Å². The molecule has 74 valence electrons. The molecule has 1 amide bonds. The van der Waals surface area contributed by atoms with Gasteiger partial charge < -0.3 is 4.90 Å². The van der Waals surface area contributed by atoms with Crippen LogP contribution in [-0.2, 0) is 0 Å². The lowest BCUT2D eigenvalue weighted by atomic mass is 10.3. The van der Waals surface area contributed by atoms with E-state index in [0.29, 0.717) is 0 Å². The van der Waals surface area contributed by atoms with Gasteiger partial charge in [-0.05, 0) is 6.42 Å². The molecule has 0 bridgehead atoms. The van der Waals surface area contributed by atoms with Crippen LogP contribution in [0.3, 0.4) is 0 Å². The minimum Gasteiger partial charge on any atom is -0.336 e. The minimum atomic E-state index is -0.0616. The first-order chi connectivity index (χ1) is 5.72. The molecule has 0 aromatic heterocycles. The summed E-state index contributed by atoms with van der Waals surface area (Å²) in [5.74, 6) is 0. The molecule has 0 aromatic carbocycles. The first-order valence-corrected chi connectivity index (χ1v) is 5.22. The van der Waals surface area contributed by atoms with E-state index in [2.05, 4.69) is 6.92 Å². The monoisotopic (exact) mass is 192 g/mol. The number of rotatable bonds is 3. The van der Waals surface area contributed by atoms with Gasteiger partial charge >= 0.3 is 0 Å². The fourth-order valence-electron chi connectivity index (χ4n) is 0.577. The molecule has 0 saturated carbocycles. The fourth-order valence-corrected chi connectivity index (χ4v) is 0.848. The van der Waals surface area contributed by atoms with Crippen LogP contribution in [0.2, 0.25) is 0 Å². The van der Waals surface area contributed by atoms with Crippen molar-refractivity contribution in [1.82, 2.24) is 4.90 Å². The standard InChI is InChI=1S/C6H14N2OS.C2H6/c1-3-4-5-8(2)6(9)10-7;1-2/h3-5,7H2,1-2H3;1-2H3. The van der Waals surface area contributed by atoms with Crippen LogP contribution in [-0.4, -0.2) is 23.7 Å². The Bertz CT molecular complexity index is 109. The van der Waals surface area contributed by atoms with Crippen molar-refractivity contribution in [2.75, 3.05) is 13.6 Å². The second-order valence-corrected chi connectivity index (χ2v) is 2.74. The highest BCUT2D eigenvalue weighted by atomic mass is 32.2. The molecule has 0 saturated heterocycles. The Morgan fingerprint density at radius 3 is 2.33 bits per heavy atom. The molecule has 4 heteroatoms. The van der Waals surface area contributed by atoms with E-state index >= 15 is 0 Å². The van der Waals surface area contributed by atoms with Gasteiger partial charge in [-0.1, -0.05) is 27.2 Å². The molecule has 0 fully saturated rings. The van der Waals surface area contributed by atoms with Crippen LogP contribution >= 0.6 is 11.9 Å². The van der Waals surface area contributed by atoms with Gasteiger partial charge in [-0.3, -0.25) is 9.93 Å². The number of nitrogens with two attached hydrogens (primary N) is 1. The van der Waals surface area contributed by atoms with Crippen molar-refractivity contribution in [2.45, 2.75) is 33.6 Å². The van der Waals surface area contributed by atoms with Crippen molar-refractivity contribution >= 4 is 17.2 Å². The molecule has 12 heavy (non-hydrogen) atoms. The summed E-state index contributed by atoms with van der Waals surface area (Å²) < 4.78 is 0. The molecule has 0 aliphatic heterocycles. The van der Waals surface area contributed by atoms with E-state index in [1.165, 1.54) is 0 Å². The van der Waals surface area contributed by atoms with Crippen LogP contribution in [0, 0.1) is 0 Å². The van der Waals surface area contributed by atoms with Crippen molar-refractivity contribution in [2.24, 2.45) is 5.14 Å². The normalized spacial score (nSPS) is 8.42. The maximum Gasteiger partial charge on any atom is 0.296 e. The molecule has 0 aromatic rings. The Morgan fingerprint density at radius 2 is 2.00 bits per heavy atom. The average molecular weight is 192 g/mol. The van der Waals surface area contributed by atoms with E-state index < -0.39 is 0 Å². The van der Waals surface area contributed by atoms with E-state index in [1.807, 2.05) is 13.8 Å². The third-order valence-corrected chi connectivity index (χ3v) is 1.77. The predicted octanol–water partition coefficient (Wildman–Crippen LogP) is 2.47. The summed E-state index contributed by atoms with van der Waals surface area (Å²) in [4.78, 5) is 12.4. The van der Waals surface area contributed by atoms with Gasteiger partial charge in [-0.25, -0.2) is 0 Å². The Morgan fingerprint density at radius 1 is 1.50 bits per heavy atom. The molecule has 0 radical (unpaired) electrons. The van der Waals surface area contributed by atoms with Crippen molar-refractivity contribution in [3.05, 3.63) is 0 Å². The van der Waals surface area contributed by atoms with E-state index in [4.69, 9.17) is 5.14 Å². The molecule has 0 aliphatic rings. The molecular formula is C8H20N2OS. The Kier molecular flexibility index (Phi) is 12.9. The molecule has 0 spiro atoms. The van der Waals surface area contributed by atoms with Gasteiger partial charge in [0.05, 0.1) is 0 Å². The third-order valence-electron chi connectivity index (χ3n) is 1.26. The average Bonchev–Trinajstić information content (AvgIpc) is 2.16. The van der Waals surface area contributed by atoms with Gasteiger partial charge in [0.15, 0.2) is 0 Å². The van der Waals surface area contributed by atoms with Crippen LogP contribution in [0.5, 0.6) is 0 Å². The van der Waals surface area contributed by atoms with Crippen LogP contribution in [0.15, 0.2) is 0 Å². The van der Waals surface area contributed by atoms with Crippen molar-refractivity contribution < 1.29 is 4.79 Å². The van der Waals surface area contributed by atoms with E-state index in [-0.39, 0.29) is 5.24 Å². The smallest absolute Gasteiger partial charge is 0.296 e. The molecular weight excluding hydrogens is 172 g/mol. The predicted molar refractivity (Wildman–Crippen MR) is 56.1 cm³/mol. The molecule has 0 aliphatic carbocycles. The summed E-state index contributed by atoms with van der Waals surface area (Å²) >= 11 is 0.770. The quantitative estimate of drug-likeness (QED) is 0.699. The molecule has 0 unspecified atom stereocenters. The largest absolute Gasteiger partial charge is 0.336 e. The summed E-state index contributed by atoms with van der Waals surface area (Å²) in [6, 6.07) is 0. The first-order valence-electron chi connectivity index (χ1n) is 4.34. The van der Waals surface area contributed by atoms with Crippen LogP contribution in [0.1, 0.15) is 33.6 Å². The zero-order valence-electron chi connectivity index (χ0n) is 8.46. The van der Waals surface area contributed by atoms with Crippen molar-refractivity contribution in [3.8, 4) is 0 Å². The second-order valence-electron chi connectivity index (χ2n) is 2.16. The summed E-state index contributed by atoms with van der Waals surface area (Å²) in [5, 5.41) is 5.01. The second kappa shape index (κ2) is 10.8.